The lowest BCUT2D eigenvalue weighted by Gasteiger charge is -2.38. The molecule has 0 fully saturated rings. The Balaban J connectivity index is 2.72. The van der Waals surface area contributed by atoms with Gasteiger partial charge in [0.2, 0.25) is 0 Å². The molecule has 0 radical (unpaired) electrons. The quantitative estimate of drug-likeness (QED) is 0.522. The van der Waals surface area contributed by atoms with E-state index in [0.29, 0.717) is 6.42 Å². The van der Waals surface area contributed by atoms with Crippen molar-refractivity contribution in [1.82, 2.24) is 0 Å². The number of allylic oxidation sites excluding steroid dienone is 2. The first kappa shape index (κ1) is 13.8. The molecule has 1 rings (SSSR count). The highest BCUT2D eigenvalue weighted by molar-refractivity contribution is 6.26. The monoisotopic (exact) mass is 258 g/mol. The van der Waals surface area contributed by atoms with E-state index < -0.39 is 19.5 Å². The minimum absolute atomic E-state index is 0.102. The Morgan fingerprint density at radius 1 is 1.38 bits per heavy atom. The summed E-state index contributed by atoms with van der Waals surface area (Å²) in [6, 6.07) is 0. The number of hydrogen-bond acceptors (Lipinski definition) is 3. The van der Waals surface area contributed by atoms with E-state index in [9.17, 15) is 4.79 Å². The predicted octanol–water partition coefficient (Wildman–Crippen LogP) is 0.781. The third-order valence-electron chi connectivity index (χ3n) is 3.13. The third-order valence-corrected chi connectivity index (χ3v) is 4.41. The van der Waals surface area contributed by atoms with Gasteiger partial charge in [0.15, 0.2) is 25.3 Å². The van der Waals surface area contributed by atoms with Crippen molar-refractivity contribution in [3.05, 3.63) is 12.2 Å². The van der Waals surface area contributed by atoms with Gasteiger partial charge in [0.05, 0.1) is 0 Å². The minimum atomic E-state index is -0.485. The van der Waals surface area contributed by atoms with Gasteiger partial charge in [-0.05, 0) is 12.0 Å². The fourth-order valence-electron chi connectivity index (χ4n) is 2.04. The largest absolute Gasteiger partial charge is 0.400 e. The molecule has 1 aliphatic carbocycles. The highest BCUT2D eigenvalue weighted by Gasteiger charge is 2.39. The van der Waals surface area contributed by atoms with Crippen molar-refractivity contribution in [1.29, 1.82) is 0 Å². The van der Waals surface area contributed by atoms with Gasteiger partial charge in [0, 0.05) is 11.8 Å². The second kappa shape index (κ2) is 5.90. The van der Waals surface area contributed by atoms with Crippen LogP contribution in [0.4, 0.5) is 0 Å². The van der Waals surface area contributed by atoms with Gasteiger partial charge in [-0.15, -0.1) is 0 Å². The van der Waals surface area contributed by atoms with E-state index >= 15 is 0 Å². The van der Waals surface area contributed by atoms with Crippen LogP contribution in [0.2, 0.25) is 13.1 Å². The number of hydrogen-bond donors (Lipinski definition) is 0. The Morgan fingerprint density at radius 2 is 1.94 bits per heavy atom. The molecular formula is C11H22O3Si2. The Labute approximate surface area is 102 Å². The maximum absolute atomic E-state index is 11.3. The molecule has 0 amide bonds. The summed E-state index contributed by atoms with van der Waals surface area (Å²) in [5.41, 5.74) is -0.102. The van der Waals surface area contributed by atoms with Crippen LogP contribution in [0.25, 0.3) is 0 Å². The molecule has 0 saturated heterocycles. The Morgan fingerprint density at radius 3 is 2.31 bits per heavy atom. The zero-order chi connectivity index (χ0) is 12.2. The molecule has 0 saturated carbocycles. The summed E-state index contributed by atoms with van der Waals surface area (Å²) < 4.78 is 11.6. The van der Waals surface area contributed by atoms with Gasteiger partial charge in [-0.2, -0.15) is 0 Å². The van der Waals surface area contributed by atoms with Crippen molar-refractivity contribution >= 4 is 25.3 Å². The van der Waals surface area contributed by atoms with Crippen LogP contribution in [0, 0.1) is 11.3 Å². The summed E-state index contributed by atoms with van der Waals surface area (Å²) in [6.07, 6.45) is 4.18. The summed E-state index contributed by atoms with van der Waals surface area (Å²) in [4.78, 5) is 11.3. The van der Waals surface area contributed by atoms with E-state index in [1.54, 1.807) is 6.08 Å². The number of rotatable bonds is 6. The molecule has 0 aromatic carbocycles. The molecule has 0 heterocycles. The van der Waals surface area contributed by atoms with Gasteiger partial charge in [0.25, 0.3) is 0 Å². The zero-order valence-electron chi connectivity index (χ0n) is 10.7. The zero-order valence-corrected chi connectivity index (χ0v) is 13.5. The lowest BCUT2D eigenvalue weighted by atomic mass is 9.78. The second-order valence-corrected chi connectivity index (χ2v) is 6.52. The minimum Gasteiger partial charge on any atom is -0.400 e. The summed E-state index contributed by atoms with van der Waals surface area (Å²) in [7, 11) is -0.971. The summed E-state index contributed by atoms with van der Waals surface area (Å²) >= 11 is 0. The molecule has 1 atom stereocenters. The Kier molecular flexibility index (Phi) is 5.10. The van der Waals surface area contributed by atoms with Crippen molar-refractivity contribution in [3.63, 3.8) is 0 Å². The van der Waals surface area contributed by atoms with Crippen molar-refractivity contribution in [2.24, 2.45) is 11.3 Å². The van der Waals surface area contributed by atoms with Crippen molar-refractivity contribution in [3.8, 4) is 0 Å². The molecule has 0 aromatic heterocycles. The SMILES string of the molecule is C[SiH2]OC(O[SiH2]C)C(C)(C)C1C=CC(=O)C1. The summed E-state index contributed by atoms with van der Waals surface area (Å²) in [6.45, 7) is 8.50. The molecule has 16 heavy (non-hydrogen) atoms. The van der Waals surface area contributed by atoms with Crippen LogP contribution in [0.3, 0.4) is 0 Å². The molecule has 0 aliphatic heterocycles. The Hall–Kier alpha value is -0.236. The fourth-order valence-corrected chi connectivity index (χ4v) is 3.89. The fraction of sp³-hybridized carbons (Fsp3) is 0.727. The predicted molar refractivity (Wildman–Crippen MR) is 70.8 cm³/mol. The van der Waals surface area contributed by atoms with Crippen LogP contribution in [-0.4, -0.2) is 31.6 Å². The molecule has 1 aliphatic rings. The lowest BCUT2D eigenvalue weighted by Crippen LogP contribution is -2.40. The Bertz CT molecular complexity index is 270. The topological polar surface area (TPSA) is 35.5 Å². The van der Waals surface area contributed by atoms with Gasteiger partial charge >= 0.3 is 0 Å². The standard InChI is InChI=1S/C11H22O3Si2/c1-11(2,8-5-6-9(12)7-8)10(13-15-3)14-16-4/h5-6,8,10H,7,15-16H2,1-4H3. The van der Waals surface area contributed by atoms with Crippen LogP contribution in [-0.2, 0) is 13.6 Å². The smallest absolute Gasteiger partial charge is 0.161 e. The van der Waals surface area contributed by atoms with Gasteiger partial charge < -0.3 is 8.85 Å². The van der Waals surface area contributed by atoms with E-state index in [-0.39, 0.29) is 23.4 Å². The normalized spacial score (nSPS) is 24.2. The van der Waals surface area contributed by atoms with E-state index in [0.717, 1.165) is 0 Å². The average Bonchev–Trinajstić information content (AvgIpc) is 2.65. The maximum atomic E-state index is 11.3. The molecule has 3 nitrogen and oxygen atoms in total. The molecule has 92 valence electrons. The lowest BCUT2D eigenvalue weighted by molar-refractivity contribution is -0.119. The molecule has 0 bridgehead atoms. The van der Waals surface area contributed by atoms with Crippen molar-refractivity contribution in [2.75, 3.05) is 0 Å². The van der Waals surface area contributed by atoms with Gasteiger partial charge in [-0.1, -0.05) is 33.0 Å². The van der Waals surface area contributed by atoms with Crippen LogP contribution in [0.1, 0.15) is 20.3 Å². The molecule has 0 N–H and O–H groups in total. The van der Waals surface area contributed by atoms with Crippen LogP contribution < -0.4 is 0 Å². The first-order valence-electron chi connectivity index (χ1n) is 5.96. The number of ketones is 1. The highest BCUT2D eigenvalue weighted by atomic mass is 28.2. The van der Waals surface area contributed by atoms with E-state index in [4.69, 9.17) is 8.85 Å². The maximum Gasteiger partial charge on any atom is 0.161 e. The number of carbonyl (C=O) groups is 1. The summed E-state index contributed by atoms with van der Waals surface area (Å²) in [5.74, 6) is 0.477. The van der Waals surface area contributed by atoms with E-state index in [1.807, 2.05) is 6.08 Å². The highest BCUT2D eigenvalue weighted by Crippen LogP contribution is 2.38. The van der Waals surface area contributed by atoms with Crippen molar-refractivity contribution < 1.29 is 13.6 Å². The molecule has 5 heteroatoms. The molecule has 0 aromatic rings. The first-order chi connectivity index (χ1) is 7.52. The molecule has 0 spiro atoms. The molecular weight excluding hydrogens is 236 g/mol. The van der Waals surface area contributed by atoms with E-state index in [1.165, 1.54) is 0 Å². The van der Waals surface area contributed by atoms with E-state index in [2.05, 4.69) is 26.9 Å². The van der Waals surface area contributed by atoms with Gasteiger partial charge in [-0.25, -0.2) is 0 Å². The second-order valence-electron chi connectivity index (χ2n) is 4.70. The van der Waals surface area contributed by atoms with Crippen LogP contribution >= 0.6 is 0 Å². The van der Waals surface area contributed by atoms with Crippen LogP contribution in [0.5, 0.6) is 0 Å². The van der Waals surface area contributed by atoms with Gasteiger partial charge in [0.1, 0.15) is 6.29 Å². The summed E-state index contributed by atoms with van der Waals surface area (Å²) in [5, 5.41) is 0. The van der Waals surface area contributed by atoms with Crippen molar-refractivity contribution in [2.45, 2.75) is 39.7 Å². The third kappa shape index (κ3) is 3.13. The molecule has 1 unspecified atom stereocenters. The van der Waals surface area contributed by atoms with Gasteiger partial charge in [-0.3, -0.25) is 4.79 Å². The average molecular weight is 258 g/mol. The first-order valence-corrected chi connectivity index (χ1v) is 9.94. The number of carbonyl (C=O) groups excluding carboxylic acids is 1. The van der Waals surface area contributed by atoms with Crippen LogP contribution in [0.15, 0.2) is 12.2 Å².